The molecule has 6 aromatic heterocycles. The Balaban J connectivity index is 0.658. The lowest BCUT2D eigenvalue weighted by molar-refractivity contribution is 0.513. The zero-order valence-corrected chi connectivity index (χ0v) is 63.7. The Morgan fingerprint density at radius 2 is 0.652 bits per heavy atom. The summed E-state index contributed by atoms with van der Waals surface area (Å²) in [5, 5.41) is 13.3. The summed E-state index contributed by atoms with van der Waals surface area (Å²) in [7, 11) is 0. The SMILES string of the molecule is CC1C=Cc2c(oc3ccc(-n4c5ccc(-c6cccc(-c7cccc(-c8ccc9c(c8)c8c(-c%10cccc%11c%12cc(-c%13ccccc%13)ccc%12n(-c%12ccccc%12)c%10%11)cccc8n9-c8ccccc8)c7)c6)cc5c5cccc(-c6cccc7c6c6cc(-c8ccccc8)ccc6n7-c6ccc7sc8ccccc8c7c6)c54)cc23)C1. The molecule has 0 spiro atoms. The maximum absolute atomic E-state index is 6.69. The van der Waals surface area contributed by atoms with Crippen molar-refractivity contribution in [3.8, 4) is 101 Å². The number of furan rings is 1. The quantitative estimate of drug-likeness (QED) is 0.127. The Morgan fingerprint density at radius 1 is 0.261 bits per heavy atom. The summed E-state index contributed by atoms with van der Waals surface area (Å²) >= 11 is 1.86. The third-order valence-corrected chi connectivity index (χ3v) is 25.6. The van der Waals surface area contributed by atoms with Crippen LogP contribution >= 0.6 is 11.3 Å². The Hall–Kier alpha value is -14.6. The Labute approximate surface area is 667 Å². The molecule has 0 fully saturated rings. The second kappa shape index (κ2) is 25.8. The van der Waals surface area contributed by atoms with E-state index in [9.17, 15) is 0 Å². The highest BCUT2D eigenvalue weighted by molar-refractivity contribution is 7.25. The zero-order chi connectivity index (χ0) is 75.5. The predicted octanol–water partition coefficient (Wildman–Crippen LogP) is 30.1. The number of aromatic nitrogens is 4. The highest BCUT2D eigenvalue weighted by Gasteiger charge is 2.27. The monoisotopic (exact) mass is 1480 g/mol. The first kappa shape index (κ1) is 65.2. The largest absolute Gasteiger partial charge is 0.460 e. The van der Waals surface area contributed by atoms with Crippen LogP contribution in [-0.4, -0.2) is 18.3 Å². The number of hydrogen-bond donors (Lipinski definition) is 0. The van der Waals surface area contributed by atoms with Crippen molar-refractivity contribution in [2.45, 2.75) is 13.3 Å². The van der Waals surface area contributed by atoms with E-state index in [1.54, 1.807) is 0 Å². The van der Waals surface area contributed by atoms with Crippen molar-refractivity contribution in [3.05, 3.63) is 394 Å². The first-order valence-corrected chi connectivity index (χ1v) is 40.6. The highest BCUT2D eigenvalue weighted by atomic mass is 32.1. The molecule has 0 N–H and O–H groups in total. The fourth-order valence-corrected chi connectivity index (χ4v) is 20.3. The molecular formula is C109H70N4OS. The zero-order valence-electron chi connectivity index (χ0n) is 62.8. The molecule has 0 amide bonds. The summed E-state index contributed by atoms with van der Waals surface area (Å²) in [6, 6.07) is 140. The summed E-state index contributed by atoms with van der Waals surface area (Å²) in [5.74, 6) is 1.47. The van der Waals surface area contributed by atoms with Crippen molar-refractivity contribution in [3.63, 3.8) is 0 Å². The Morgan fingerprint density at radius 3 is 1.21 bits per heavy atom. The molecule has 1 unspecified atom stereocenters. The topological polar surface area (TPSA) is 32.9 Å². The van der Waals surface area contributed by atoms with Gasteiger partial charge in [-0.1, -0.05) is 256 Å². The minimum atomic E-state index is 0.409. The van der Waals surface area contributed by atoms with Crippen molar-refractivity contribution in [2.24, 2.45) is 5.92 Å². The first-order chi connectivity index (χ1) is 56.9. The second-order valence-electron chi connectivity index (χ2n) is 31.1. The number of allylic oxidation sites excluding steroid dienone is 1. The maximum Gasteiger partial charge on any atom is 0.135 e. The molecule has 6 heterocycles. The van der Waals surface area contributed by atoms with Crippen LogP contribution in [0.3, 0.4) is 0 Å². The third-order valence-electron chi connectivity index (χ3n) is 24.5. The van der Waals surface area contributed by atoms with Crippen LogP contribution in [0.2, 0.25) is 0 Å². The van der Waals surface area contributed by atoms with Gasteiger partial charge in [-0.15, -0.1) is 11.3 Å². The van der Waals surface area contributed by atoms with E-state index in [-0.39, 0.29) is 0 Å². The van der Waals surface area contributed by atoms with Gasteiger partial charge in [0.1, 0.15) is 11.3 Å². The molecule has 1 aliphatic rings. The smallest absolute Gasteiger partial charge is 0.135 e. The van der Waals surface area contributed by atoms with Gasteiger partial charge in [0.15, 0.2) is 0 Å². The number of thiophene rings is 1. The first-order valence-electron chi connectivity index (χ1n) is 39.8. The number of rotatable bonds is 11. The van der Waals surface area contributed by atoms with Gasteiger partial charge in [0.2, 0.25) is 0 Å². The minimum absolute atomic E-state index is 0.409. The number of hydrogen-bond acceptors (Lipinski definition) is 2. The number of fused-ring (bicyclic) bond motifs is 18. The van der Waals surface area contributed by atoms with Gasteiger partial charge in [-0.25, -0.2) is 0 Å². The molecule has 5 nitrogen and oxygen atoms in total. The number of nitrogens with zero attached hydrogens (tertiary/aromatic N) is 4. The van der Waals surface area contributed by atoms with Gasteiger partial charge in [-0.3, -0.25) is 0 Å². The lowest BCUT2D eigenvalue weighted by atomic mass is 9.94. The average Bonchev–Trinajstić information content (AvgIpc) is 1.56. The second-order valence-corrected chi connectivity index (χ2v) is 32.2. The molecule has 0 saturated heterocycles. The van der Waals surface area contributed by atoms with Crippen molar-refractivity contribution < 1.29 is 4.42 Å². The van der Waals surface area contributed by atoms with Crippen LogP contribution in [0, 0.1) is 5.92 Å². The van der Waals surface area contributed by atoms with Crippen LogP contribution in [0.4, 0.5) is 0 Å². The standard InChI is InChI=1S/C109H70N4OS/c1-67-44-51-82-92-65-81(49-56-102(92)114-103(82)58-67)113-97-53-47-76(62-91(97)89-40-19-38-87(109(89)113)85-36-21-42-101-107(85)94-63-75(69-24-8-3-9-25-69)46-54-99(94)111(101)80-50-57-105-93(66-80)83-34-14-15-43-104(83)115-105)72-28-16-26-70(59-72)71-27-17-29-73(60-71)77-48-55-98-95(64-77)106-84(35-20-41-100(106)110(98)78-30-10-4-11-31-78)86-37-18-39-88-90-61-74(68-22-6-2-7-23-68)45-52-96(90)112(108(86)88)79-32-12-5-13-33-79/h2-57,59-67H,58H2,1H3. The van der Waals surface area contributed by atoms with E-state index >= 15 is 0 Å². The van der Waals surface area contributed by atoms with Crippen LogP contribution in [0.25, 0.3) is 225 Å². The van der Waals surface area contributed by atoms with E-state index < -0.39 is 0 Å². The fraction of sp³-hybridized carbons (Fsp3) is 0.0275. The Kier molecular flexibility index (Phi) is 14.6. The van der Waals surface area contributed by atoms with Crippen molar-refractivity contribution in [1.29, 1.82) is 0 Å². The van der Waals surface area contributed by atoms with Gasteiger partial charge < -0.3 is 22.7 Å². The molecule has 0 aliphatic heterocycles. The average molecular weight is 1480 g/mol. The lowest BCUT2D eigenvalue weighted by Crippen LogP contribution is -2.00. The minimum Gasteiger partial charge on any atom is -0.460 e. The van der Waals surface area contributed by atoms with Crippen LogP contribution in [0.5, 0.6) is 0 Å². The molecule has 0 radical (unpaired) electrons. The summed E-state index contributed by atoms with van der Waals surface area (Å²) < 4.78 is 19.2. The van der Waals surface area contributed by atoms with Gasteiger partial charge in [0.05, 0.1) is 44.1 Å². The number of para-hydroxylation sites is 4. The van der Waals surface area contributed by atoms with Gasteiger partial charge in [0.25, 0.3) is 0 Å². The molecule has 0 saturated carbocycles. The van der Waals surface area contributed by atoms with E-state index in [2.05, 4.69) is 413 Å². The molecule has 1 aliphatic carbocycles. The highest BCUT2D eigenvalue weighted by Crippen LogP contribution is 2.50. The molecule has 6 heteroatoms. The summed E-state index contributed by atoms with van der Waals surface area (Å²) in [5.41, 5.74) is 32.2. The molecule has 538 valence electrons. The van der Waals surface area contributed by atoms with E-state index in [0.29, 0.717) is 5.92 Å². The van der Waals surface area contributed by atoms with E-state index in [0.717, 1.165) is 118 Å². The maximum atomic E-state index is 6.69. The van der Waals surface area contributed by atoms with E-state index in [4.69, 9.17) is 4.42 Å². The molecular weight excluding hydrogens is 1410 g/mol. The van der Waals surface area contributed by atoms with Crippen LogP contribution in [0.15, 0.2) is 387 Å². The van der Waals surface area contributed by atoms with Gasteiger partial charge in [0, 0.05) is 115 Å². The summed E-state index contributed by atoms with van der Waals surface area (Å²) in [4.78, 5) is 0. The van der Waals surface area contributed by atoms with Crippen LogP contribution in [-0.2, 0) is 6.42 Å². The van der Waals surface area contributed by atoms with Crippen LogP contribution in [0.1, 0.15) is 18.2 Å². The summed E-state index contributed by atoms with van der Waals surface area (Å²) in [6.07, 6.45) is 5.49. The predicted molar refractivity (Wildman–Crippen MR) is 486 cm³/mol. The molecule has 24 rings (SSSR count). The number of benzene rings is 17. The fourth-order valence-electron chi connectivity index (χ4n) is 19.2. The molecule has 0 bridgehead atoms. The Bertz CT molecular complexity index is 8000. The van der Waals surface area contributed by atoms with Crippen LogP contribution < -0.4 is 0 Å². The lowest BCUT2D eigenvalue weighted by Gasteiger charge is -2.14. The van der Waals surface area contributed by atoms with Gasteiger partial charge in [-0.05, 0) is 212 Å². The van der Waals surface area contributed by atoms with Gasteiger partial charge in [-0.2, -0.15) is 0 Å². The van der Waals surface area contributed by atoms with E-state index in [1.165, 1.54) is 119 Å². The van der Waals surface area contributed by atoms with Crippen molar-refractivity contribution >= 4 is 136 Å². The molecule has 115 heavy (non-hydrogen) atoms. The summed E-state index contributed by atoms with van der Waals surface area (Å²) in [6.45, 7) is 2.27. The van der Waals surface area contributed by atoms with E-state index in [1.807, 2.05) is 11.3 Å². The van der Waals surface area contributed by atoms with Gasteiger partial charge >= 0.3 is 0 Å². The molecule has 17 aromatic carbocycles. The molecule has 23 aromatic rings. The van der Waals surface area contributed by atoms with Crippen molar-refractivity contribution in [1.82, 2.24) is 18.3 Å². The third kappa shape index (κ3) is 10.3. The van der Waals surface area contributed by atoms with Crippen molar-refractivity contribution in [2.75, 3.05) is 0 Å². The normalized spacial score (nSPS) is 13.1. The molecule has 1 atom stereocenters.